The van der Waals surface area contributed by atoms with Gasteiger partial charge in [-0.25, -0.2) is 4.79 Å². The number of thiophene rings is 1. The molecule has 5 nitrogen and oxygen atoms in total. The first-order valence-electron chi connectivity index (χ1n) is 8.49. The smallest absolute Gasteiger partial charge is 0.317 e. The fourth-order valence-electron chi connectivity index (χ4n) is 3.46. The summed E-state index contributed by atoms with van der Waals surface area (Å²) in [6.07, 6.45) is 2.94. The van der Waals surface area contributed by atoms with Gasteiger partial charge in [0.05, 0.1) is 19.3 Å². The van der Waals surface area contributed by atoms with Crippen molar-refractivity contribution >= 4 is 17.4 Å². The summed E-state index contributed by atoms with van der Waals surface area (Å²) in [5.74, 6) is -0.289. The maximum absolute atomic E-state index is 12.7. The molecule has 128 valence electrons. The van der Waals surface area contributed by atoms with E-state index in [2.05, 4.69) is 23.7 Å². The highest BCUT2D eigenvalue weighted by Gasteiger charge is 2.42. The molecule has 0 unspecified atom stereocenters. The minimum Gasteiger partial charge on any atom is -0.347 e. The predicted octanol–water partition coefficient (Wildman–Crippen LogP) is 3.38. The Balaban J connectivity index is 1.60. The molecule has 3 rings (SSSR count). The molecule has 2 atom stereocenters. The molecule has 2 saturated heterocycles. The molecule has 2 aliphatic rings. The van der Waals surface area contributed by atoms with Crippen LogP contribution in [0.1, 0.15) is 44.0 Å². The molecule has 0 saturated carbocycles. The molecule has 6 heteroatoms. The average molecular weight is 338 g/mol. The van der Waals surface area contributed by atoms with Crippen LogP contribution in [-0.4, -0.2) is 43.0 Å². The first-order valence-corrected chi connectivity index (χ1v) is 9.37. The number of rotatable bonds is 4. The molecule has 1 N–H and O–H groups in total. The number of hydrogen-bond donors (Lipinski definition) is 1. The maximum Gasteiger partial charge on any atom is 0.317 e. The third-order valence-corrected chi connectivity index (χ3v) is 5.89. The number of ether oxygens (including phenoxy) is 2. The molecule has 0 radical (unpaired) electrons. The third-order valence-electron chi connectivity index (χ3n) is 4.90. The van der Waals surface area contributed by atoms with E-state index in [1.54, 1.807) is 11.3 Å². The number of carbonyl (C=O) groups excluding carboxylic acids is 1. The van der Waals surface area contributed by atoms with Crippen LogP contribution in [0.25, 0.3) is 0 Å². The van der Waals surface area contributed by atoms with E-state index in [1.165, 1.54) is 4.88 Å². The summed E-state index contributed by atoms with van der Waals surface area (Å²) in [6.45, 7) is 6.91. The number of likely N-dealkylation sites (tertiary alicyclic amines) is 1. The number of piperidine rings is 1. The molecule has 1 aromatic rings. The van der Waals surface area contributed by atoms with Gasteiger partial charge in [-0.1, -0.05) is 13.0 Å². The quantitative estimate of drug-likeness (QED) is 0.915. The van der Waals surface area contributed by atoms with E-state index in [1.807, 2.05) is 17.9 Å². The summed E-state index contributed by atoms with van der Waals surface area (Å²) in [6, 6.07) is 4.23. The standard InChI is InChI=1S/C17H26N2O3S/c1-3-14(15-7-5-11-23-15)18-16(20)19-8-4-6-13(12-19)17(2)21-9-10-22-17/h5,7,11,13-14H,3-4,6,8-10,12H2,1-2H3,(H,18,20)/t13-,14-/m0/s1. The fraction of sp³-hybridized carbons (Fsp3) is 0.706. The van der Waals surface area contributed by atoms with Gasteiger partial charge in [0.15, 0.2) is 5.79 Å². The van der Waals surface area contributed by atoms with Crippen LogP contribution >= 0.6 is 11.3 Å². The highest BCUT2D eigenvalue weighted by molar-refractivity contribution is 7.10. The zero-order chi connectivity index (χ0) is 16.3. The first-order chi connectivity index (χ1) is 11.1. The normalized spacial score (nSPS) is 25.3. The fourth-order valence-corrected chi connectivity index (χ4v) is 4.32. The van der Waals surface area contributed by atoms with Crippen LogP contribution in [0, 0.1) is 5.92 Å². The molecule has 2 amide bonds. The molecule has 2 fully saturated rings. The van der Waals surface area contributed by atoms with Crippen molar-refractivity contribution in [2.75, 3.05) is 26.3 Å². The number of nitrogens with zero attached hydrogens (tertiary/aromatic N) is 1. The lowest BCUT2D eigenvalue weighted by molar-refractivity contribution is -0.189. The molecule has 23 heavy (non-hydrogen) atoms. The molecule has 0 spiro atoms. The van der Waals surface area contributed by atoms with E-state index in [9.17, 15) is 4.79 Å². The highest BCUT2D eigenvalue weighted by Crippen LogP contribution is 2.34. The minimum atomic E-state index is -0.531. The summed E-state index contributed by atoms with van der Waals surface area (Å²) in [5.41, 5.74) is 0. The van der Waals surface area contributed by atoms with E-state index in [4.69, 9.17) is 9.47 Å². The number of urea groups is 1. The van der Waals surface area contributed by atoms with Crippen molar-refractivity contribution in [2.45, 2.75) is 44.9 Å². The van der Waals surface area contributed by atoms with Gasteiger partial charge in [0.1, 0.15) is 0 Å². The van der Waals surface area contributed by atoms with Crippen LogP contribution in [0.5, 0.6) is 0 Å². The van der Waals surface area contributed by atoms with Gasteiger partial charge in [0, 0.05) is 23.9 Å². The Morgan fingerprint density at radius 2 is 2.30 bits per heavy atom. The summed E-state index contributed by atoms with van der Waals surface area (Å²) < 4.78 is 11.6. The minimum absolute atomic E-state index is 0.0246. The summed E-state index contributed by atoms with van der Waals surface area (Å²) in [7, 11) is 0. The lowest BCUT2D eigenvalue weighted by atomic mass is 9.90. The van der Waals surface area contributed by atoms with E-state index in [0.717, 1.165) is 25.8 Å². The van der Waals surface area contributed by atoms with Crippen LogP contribution in [0.15, 0.2) is 17.5 Å². The lowest BCUT2D eigenvalue weighted by Gasteiger charge is -2.40. The van der Waals surface area contributed by atoms with Crippen molar-refractivity contribution in [1.29, 1.82) is 0 Å². The number of carbonyl (C=O) groups is 1. The van der Waals surface area contributed by atoms with Crippen LogP contribution in [0.3, 0.4) is 0 Å². The van der Waals surface area contributed by atoms with E-state index < -0.39 is 5.79 Å². The highest BCUT2D eigenvalue weighted by atomic mass is 32.1. The molecule has 2 aliphatic heterocycles. The maximum atomic E-state index is 12.7. The zero-order valence-corrected chi connectivity index (χ0v) is 14.7. The number of amides is 2. The lowest BCUT2D eigenvalue weighted by Crippen LogP contribution is -2.51. The van der Waals surface area contributed by atoms with Crippen molar-refractivity contribution in [2.24, 2.45) is 5.92 Å². The van der Waals surface area contributed by atoms with Crippen molar-refractivity contribution in [3.63, 3.8) is 0 Å². The summed E-state index contributed by atoms with van der Waals surface area (Å²) in [5, 5.41) is 5.23. The van der Waals surface area contributed by atoms with Crippen molar-refractivity contribution < 1.29 is 14.3 Å². The van der Waals surface area contributed by atoms with E-state index >= 15 is 0 Å². The second-order valence-corrected chi connectivity index (χ2v) is 7.40. The van der Waals surface area contributed by atoms with E-state index in [-0.39, 0.29) is 18.0 Å². The second-order valence-electron chi connectivity index (χ2n) is 6.42. The molecular weight excluding hydrogens is 312 g/mol. The van der Waals surface area contributed by atoms with Gasteiger partial charge < -0.3 is 19.7 Å². The molecule has 0 aliphatic carbocycles. The Kier molecular flexibility index (Phi) is 5.24. The monoisotopic (exact) mass is 338 g/mol. The van der Waals surface area contributed by atoms with Gasteiger partial charge in [0.2, 0.25) is 0 Å². The summed E-state index contributed by atoms with van der Waals surface area (Å²) >= 11 is 1.69. The number of nitrogens with one attached hydrogen (secondary N) is 1. The van der Waals surface area contributed by atoms with Gasteiger partial charge in [-0.2, -0.15) is 0 Å². The zero-order valence-electron chi connectivity index (χ0n) is 13.9. The van der Waals surface area contributed by atoms with Crippen molar-refractivity contribution in [1.82, 2.24) is 10.2 Å². The van der Waals surface area contributed by atoms with Crippen molar-refractivity contribution in [3.8, 4) is 0 Å². The Bertz CT molecular complexity index is 514. The Labute approximate surface area is 142 Å². The summed E-state index contributed by atoms with van der Waals surface area (Å²) in [4.78, 5) is 15.8. The molecular formula is C17H26N2O3S. The molecule has 0 aromatic carbocycles. The average Bonchev–Trinajstić information content (AvgIpc) is 3.25. The van der Waals surface area contributed by atoms with Crippen LogP contribution in [0.2, 0.25) is 0 Å². The second kappa shape index (κ2) is 7.20. The number of hydrogen-bond acceptors (Lipinski definition) is 4. The van der Waals surface area contributed by atoms with Crippen LogP contribution in [-0.2, 0) is 9.47 Å². The molecule has 0 bridgehead atoms. The predicted molar refractivity (Wildman–Crippen MR) is 90.5 cm³/mol. The molecule has 3 heterocycles. The van der Waals surface area contributed by atoms with Gasteiger partial charge in [-0.3, -0.25) is 0 Å². The first kappa shape index (κ1) is 16.7. The van der Waals surface area contributed by atoms with Gasteiger partial charge >= 0.3 is 6.03 Å². The Hall–Kier alpha value is -1.11. The van der Waals surface area contributed by atoms with Crippen LogP contribution in [0.4, 0.5) is 4.79 Å². The Morgan fingerprint density at radius 1 is 1.52 bits per heavy atom. The van der Waals surface area contributed by atoms with Gasteiger partial charge in [-0.15, -0.1) is 11.3 Å². The van der Waals surface area contributed by atoms with Crippen LogP contribution < -0.4 is 5.32 Å². The van der Waals surface area contributed by atoms with Crippen molar-refractivity contribution in [3.05, 3.63) is 22.4 Å². The van der Waals surface area contributed by atoms with E-state index in [0.29, 0.717) is 19.8 Å². The largest absolute Gasteiger partial charge is 0.347 e. The SMILES string of the molecule is CC[C@H](NC(=O)N1CCC[C@H](C2(C)OCCO2)C1)c1cccs1. The topological polar surface area (TPSA) is 50.8 Å². The Morgan fingerprint density at radius 3 is 2.96 bits per heavy atom. The third kappa shape index (κ3) is 3.70. The van der Waals surface area contributed by atoms with Gasteiger partial charge in [0.25, 0.3) is 0 Å². The molecule has 1 aromatic heterocycles. The van der Waals surface area contributed by atoms with Gasteiger partial charge in [-0.05, 0) is 37.6 Å².